The lowest BCUT2D eigenvalue weighted by Crippen LogP contribution is -2.32. The Hall–Kier alpha value is -2.10. The van der Waals surface area contributed by atoms with E-state index in [1.807, 2.05) is 6.92 Å². The van der Waals surface area contributed by atoms with Crippen LogP contribution in [0.15, 0.2) is 35.9 Å². The van der Waals surface area contributed by atoms with E-state index in [-0.39, 0.29) is 30.1 Å². The van der Waals surface area contributed by atoms with Crippen LogP contribution in [-0.2, 0) is 20.7 Å². The van der Waals surface area contributed by atoms with Crippen LogP contribution in [0.25, 0.3) is 0 Å². The third-order valence-corrected chi connectivity index (χ3v) is 6.23. The summed E-state index contributed by atoms with van der Waals surface area (Å²) in [5, 5.41) is 0.367. The second-order valence-electron chi connectivity index (χ2n) is 9.68. The molecule has 38 heavy (non-hydrogen) atoms. The number of thiocarbonyl (C=S) groups is 1. The molecule has 2 N–H and O–H groups in total. The maximum absolute atomic E-state index is 13.2. The summed E-state index contributed by atoms with van der Waals surface area (Å²) in [6.07, 6.45) is 2.28. The molecule has 1 fully saturated rings. The van der Waals surface area contributed by atoms with E-state index in [2.05, 4.69) is 6.58 Å². The van der Waals surface area contributed by atoms with Crippen molar-refractivity contribution in [3.05, 3.63) is 57.9 Å². The molecule has 1 aromatic rings. The summed E-state index contributed by atoms with van der Waals surface area (Å²) in [7, 11) is 0. The zero-order valence-corrected chi connectivity index (χ0v) is 24.3. The van der Waals surface area contributed by atoms with Crippen molar-refractivity contribution in [1.82, 2.24) is 0 Å². The predicted octanol–water partition coefficient (Wildman–Crippen LogP) is 7.82. The van der Waals surface area contributed by atoms with Crippen molar-refractivity contribution < 1.29 is 31.9 Å². The van der Waals surface area contributed by atoms with E-state index in [0.29, 0.717) is 22.8 Å². The quantitative estimate of drug-likeness (QED) is 0.154. The summed E-state index contributed by atoms with van der Waals surface area (Å²) in [6.45, 7) is 11.7. The van der Waals surface area contributed by atoms with Crippen molar-refractivity contribution in [2.24, 2.45) is 11.1 Å². The molecule has 214 valence electrons. The lowest BCUT2D eigenvalue weighted by atomic mass is 9.76. The van der Waals surface area contributed by atoms with Gasteiger partial charge in [-0.15, -0.1) is 0 Å². The number of carbonyl (C=O) groups is 2. The van der Waals surface area contributed by atoms with Crippen molar-refractivity contribution in [2.75, 3.05) is 13.2 Å². The van der Waals surface area contributed by atoms with Crippen molar-refractivity contribution in [2.45, 2.75) is 79.3 Å². The number of halogens is 5. The van der Waals surface area contributed by atoms with Gasteiger partial charge in [0.05, 0.1) is 12.0 Å². The van der Waals surface area contributed by atoms with Gasteiger partial charge in [0.2, 0.25) is 0 Å². The number of allylic oxidation sites excluding steroid dienone is 3. The Bertz CT molecular complexity index is 1020. The van der Waals surface area contributed by atoms with Crippen LogP contribution in [0.3, 0.4) is 0 Å². The average molecular weight is 580 g/mol. The largest absolute Gasteiger partial charge is 0.460 e. The lowest BCUT2D eigenvalue weighted by molar-refractivity contribution is -0.155. The van der Waals surface area contributed by atoms with Gasteiger partial charge >= 0.3 is 12.1 Å². The van der Waals surface area contributed by atoms with E-state index in [1.165, 1.54) is 19.4 Å². The first-order chi connectivity index (χ1) is 17.4. The Labute approximate surface area is 233 Å². The molecule has 0 amide bonds. The molecule has 0 bridgehead atoms. The normalized spacial score (nSPS) is 14.8. The molecule has 0 radical (unpaired) electrons. The van der Waals surface area contributed by atoms with Crippen LogP contribution in [0.5, 0.6) is 0 Å². The zero-order valence-electron chi connectivity index (χ0n) is 22.7. The minimum atomic E-state index is -4.21. The minimum absolute atomic E-state index is 0.0281. The van der Waals surface area contributed by atoms with Gasteiger partial charge in [0, 0.05) is 21.9 Å². The molecule has 10 heteroatoms. The highest BCUT2D eigenvalue weighted by molar-refractivity contribution is 7.80. The van der Waals surface area contributed by atoms with E-state index < -0.39 is 17.6 Å². The predicted molar refractivity (Wildman–Crippen MR) is 149 cm³/mol. The van der Waals surface area contributed by atoms with Crippen molar-refractivity contribution >= 4 is 40.4 Å². The number of Topliss-reactive ketones (excluding diaryl/α,β-unsaturated/α-hetero) is 1. The molecule has 1 aliphatic carbocycles. The second kappa shape index (κ2) is 16.8. The van der Waals surface area contributed by atoms with Gasteiger partial charge in [-0.1, -0.05) is 67.4 Å². The van der Waals surface area contributed by atoms with Crippen LogP contribution in [-0.4, -0.2) is 35.9 Å². The molecule has 0 aliphatic heterocycles. The smallest absolute Gasteiger partial charge is 0.412 e. The van der Waals surface area contributed by atoms with Gasteiger partial charge in [-0.3, -0.25) is 9.59 Å². The van der Waals surface area contributed by atoms with Crippen LogP contribution in [0, 0.1) is 18.2 Å². The summed E-state index contributed by atoms with van der Waals surface area (Å²) < 4.78 is 53.5. The molecule has 0 saturated heterocycles. The van der Waals surface area contributed by atoms with Crippen molar-refractivity contribution in [1.29, 1.82) is 0 Å². The SMILES string of the molecule is C=C(C)/C=C(\C)C(F)(F)F.CC(=S)COC(=O)C1(C)CCCCC1.Cc1cc(CC(=O)CN)c(F)cc1Cl. The second-order valence-corrected chi connectivity index (χ2v) is 10.8. The first kappa shape index (κ1) is 35.9. The number of alkyl halides is 3. The average Bonchev–Trinajstić information content (AvgIpc) is 2.81. The fraction of sp³-hybridized carbons (Fsp3) is 0.536. The highest BCUT2D eigenvalue weighted by atomic mass is 35.5. The van der Waals surface area contributed by atoms with Gasteiger partial charge in [0.25, 0.3) is 0 Å². The fourth-order valence-electron chi connectivity index (χ4n) is 3.47. The summed E-state index contributed by atoms with van der Waals surface area (Å²) in [6, 6.07) is 2.79. The highest BCUT2D eigenvalue weighted by Gasteiger charge is 2.36. The van der Waals surface area contributed by atoms with E-state index in [0.717, 1.165) is 49.1 Å². The van der Waals surface area contributed by atoms with Crippen molar-refractivity contribution in [3.8, 4) is 0 Å². The number of rotatable bonds is 7. The number of hydrogen-bond donors (Lipinski definition) is 1. The number of hydrogen-bond acceptors (Lipinski definition) is 5. The van der Waals surface area contributed by atoms with Gasteiger partial charge in [0.15, 0.2) is 5.78 Å². The molecule has 1 saturated carbocycles. The standard InChI is InChI=1S/C11H18O2S.C10H11ClFNO.C7H9F3/c1-9(14)8-13-10(12)11(2)6-4-3-5-7-11;1-6-2-7(3-8(14)5-13)10(12)4-9(6)11;1-5(2)4-6(3)7(8,9)10/h3-8H2,1-2H3;2,4H,3,5,13H2,1H3;4H,1H2,2-3H3/b;;6-4+. The highest BCUT2D eigenvalue weighted by Crippen LogP contribution is 2.36. The number of esters is 1. The number of ketones is 1. The topological polar surface area (TPSA) is 69.4 Å². The van der Waals surface area contributed by atoms with Gasteiger partial charge in [-0.25, -0.2) is 4.39 Å². The molecule has 0 heterocycles. The summed E-state index contributed by atoms with van der Waals surface area (Å²) in [5.41, 5.74) is 5.80. The zero-order chi connectivity index (χ0) is 29.7. The molecule has 1 aromatic carbocycles. The Morgan fingerprint density at radius 1 is 1.18 bits per heavy atom. The van der Waals surface area contributed by atoms with E-state index >= 15 is 0 Å². The molecule has 4 nitrogen and oxygen atoms in total. The van der Waals surface area contributed by atoms with Crippen LogP contribution in [0.4, 0.5) is 17.6 Å². The first-order valence-corrected chi connectivity index (χ1v) is 13.0. The molecular formula is C28H38ClF4NO3S. The molecule has 0 aromatic heterocycles. The Morgan fingerprint density at radius 2 is 1.74 bits per heavy atom. The van der Waals surface area contributed by atoms with E-state index in [9.17, 15) is 27.2 Å². The minimum Gasteiger partial charge on any atom is -0.460 e. The van der Waals surface area contributed by atoms with Crippen LogP contribution >= 0.6 is 23.8 Å². The summed E-state index contributed by atoms with van der Waals surface area (Å²) >= 11 is 10.6. The maximum Gasteiger partial charge on any atom is 0.412 e. The third kappa shape index (κ3) is 14.2. The van der Waals surface area contributed by atoms with Crippen molar-refractivity contribution in [3.63, 3.8) is 0 Å². The Kier molecular flexibility index (Phi) is 15.8. The van der Waals surface area contributed by atoms with Crippen LogP contribution in [0.1, 0.15) is 70.9 Å². The van der Waals surface area contributed by atoms with Gasteiger partial charge in [-0.2, -0.15) is 13.2 Å². The van der Waals surface area contributed by atoms with Crippen LogP contribution in [0.2, 0.25) is 5.02 Å². The summed E-state index contributed by atoms with van der Waals surface area (Å²) in [5.74, 6) is -0.713. The number of benzene rings is 1. The Balaban J connectivity index is 0.000000551. The number of nitrogens with two attached hydrogens (primary N) is 1. The van der Waals surface area contributed by atoms with Crippen LogP contribution < -0.4 is 5.73 Å². The molecule has 2 rings (SSSR count). The summed E-state index contributed by atoms with van der Waals surface area (Å²) in [4.78, 5) is 23.5. The first-order valence-electron chi connectivity index (χ1n) is 12.2. The molecule has 0 spiro atoms. The number of aryl methyl sites for hydroxylation is 1. The van der Waals surface area contributed by atoms with E-state index in [1.54, 1.807) is 19.9 Å². The fourth-order valence-corrected chi connectivity index (χ4v) is 3.68. The number of ether oxygens (including phenoxy) is 1. The third-order valence-electron chi connectivity index (χ3n) is 5.71. The lowest BCUT2D eigenvalue weighted by Gasteiger charge is -2.30. The maximum atomic E-state index is 13.2. The van der Waals surface area contributed by atoms with Gasteiger partial charge < -0.3 is 10.5 Å². The monoisotopic (exact) mass is 579 g/mol. The molecule has 1 aliphatic rings. The van der Waals surface area contributed by atoms with Gasteiger partial charge in [-0.05, 0) is 64.7 Å². The van der Waals surface area contributed by atoms with E-state index in [4.69, 9.17) is 34.3 Å². The Morgan fingerprint density at radius 3 is 2.16 bits per heavy atom. The number of carbonyl (C=O) groups excluding carboxylic acids is 2. The molecule has 0 atom stereocenters. The molecule has 0 unspecified atom stereocenters. The van der Waals surface area contributed by atoms with Gasteiger partial charge in [0.1, 0.15) is 12.4 Å². The molecular weight excluding hydrogens is 542 g/mol.